The minimum absolute atomic E-state index is 0.169. The van der Waals surface area contributed by atoms with Crippen LogP contribution < -0.4 is 11.1 Å². The Hall–Kier alpha value is -2.04. The SMILES string of the molecule is CCn1nc(C)c(N)c1NCCc1ccccc1F. The number of aryl methyl sites for hydroxylation is 2. The van der Waals surface area contributed by atoms with Gasteiger partial charge < -0.3 is 11.1 Å². The van der Waals surface area contributed by atoms with Crippen molar-refractivity contribution >= 4 is 11.5 Å². The molecule has 0 spiro atoms. The van der Waals surface area contributed by atoms with E-state index in [1.54, 1.807) is 12.1 Å². The van der Waals surface area contributed by atoms with Crippen molar-refractivity contribution in [1.82, 2.24) is 9.78 Å². The number of nitrogens with two attached hydrogens (primary N) is 1. The molecule has 0 saturated heterocycles. The number of anilines is 2. The summed E-state index contributed by atoms with van der Waals surface area (Å²) in [6.07, 6.45) is 0.611. The van der Waals surface area contributed by atoms with E-state index in [4.69, 9.17) is 5.73 Å². The molecule has 1 aromatic heterocycles. The predicted octanol–water partition coefficient (Wildman–Crippen LogP) is 2.59. The highest BCUT2D eigenvalue weighted by atomic mass is 19.1. The second kappa shape index (κ2) is 5.73. The van der Waals surface area contributed by atoms with Gasteiger partial charge in [0.1, 0.15) is 11.6 Å². The monoisotopic (exact) mass is 262 g/mol. The lowest BCUT2D eigenvalue weighted by Gasteiger charge is -2.09. The molecule has 0 aliphatic carbocycles. The molecule has 0 aliphatic rings. The molecule has 0 bridgehead atoms. The first kappa shape index (κ1) is 13.4. The maximum Gasteiger partial charge on any atom is 0.148 e. The average molecular weight is 262 g/mol. The fraction of sp³-hybridized carbons (Fsp3) is 0.357. The lowest BCUT2D eigenvalue weighted by molar-refractivity contribution is 0.610. The Balaban J connectivity index is 2.02. The van der Waals surface area contributed by atoms with Crippen LogP contribution in [0.5, 0.6) is 0 Å². The molecule has 0 saturated carbocycles. The number of hydrogen-bond donors (Lipinski definition) is 2. The van der Waals surface area contributed by atoms with Crippen molar-refractivity contribution in [2.75, 3.05) is 17.6 Å². The highest BCUT2D eigenvalue weighted by Crippen LogP contribution is 2.22. The summed E-state index contributed by atoms with van der Waals surface area (Å²) < 4.78 is 15.3. The van der Waals surface area contributed by atoms with Gasteiger partial charge in [0.15, 0.2) is 0 Å². The second-order valence-corrected chi connectivity index (χ2v) is 4.43. The number of benzene rings is 1. The van der Waals surface area contributed by atoms with Crippen LogP contribution in [0.1, 0.15) is 18.2 Å². The Morgan fingerprint density at radius 1 is 1.37 bits per heavy atom. The summed E-state index contributed by atoms with van der Waals surface area (Å²) in [5.41, 5.74) is 8.15. The smallest absolute Gasteiger partial charge is 0.148 e. The summed E-state index contributed by atoms with van der Waals surface area (Å²) in [5.74, 6) is 0.647. The zero-order valence-corrected chi connectivity index (χ0v) is 11.3. The van der Waals surface area contributed by atoms with Crippen molar-refractivity contribution < 1.29 is 4.39 Å². The van der Waals surface area contributed by atoms with Gasteiger partial charge in [-0.05, 0) is 31.9 Å². The van der Waals surface area contributed by atoms with E-state index < -0.39 is 0 Å². The van der Waals surface area contributed by atoms with Gasteiger partial charge in [-0.15, -0.1) is 0 Å². The third-order valence-electron chi connectivity index (χ3n) is 3.12. The first-order chi connectivity index (χ1) is 9.13. The molecule has 0 fully saturated rings. The zero-order chi connectivity index (χ0) is 13.8. The van der Waals surface area contributed by atoms with Gasteiger partial charge in [-0.3, -0.25) is 0 Å². The van der Waals surface area contributed by atoms with Crippen molar-refractivity contribution in [2.45, 2.75) is 26.8 Å². The summed E-state index contributed by atoms with van der Waals surface area (Å²) in [4.78, 5) is 0. The van der Waals surface area contributed by atoms with Crippen LogP contribution in [0.3, 0.4) is 0 Å². The van der Waals surface area contributed by atoms with Gasteiger partial charge in [-0.1, -0.05) is 18.2 Å². The van der Waals surface area contributed by atoms with Crippen LogP contribution in [0.2, 0.25) is 0 Å². The number of aromatic nitrogens is 2. The van der Waals surface area contributed by atoms with Crippen LogP contribution in [-0.2, 0) is 13.0 Å². The van der Waals surface area contributed by atoms with E-state index in [1.807, 2.05) is 24.6 Å². The largest absolute Gasteiger partial charge is 0.394 e. The number of hydrogen-bond acceptors (Lipinski definition) is 3. The fourth-order valence-electron chi connectivity index (χ4n) is 2.03. The molecule has 2 rings (SSSR count). The summed E-state index contributed by atoms with van der Waals surface area (Å²) in [7, 11) is 0. The highest BCUT2D eigenvalue weighted by Gasteiger charge is 2.10. The van der Waals surface area contributed by atoms with Crippen LogP contribution in [-0.4, -0.2) is 16.3 Å². The van der Waals surface area contributed by atoms with Crippen LogP contribution in [0.25, 0.3) is 0 Å². The fourth-order valence-corrected chi connectivity index (χ4v) is 2.03. The molecule has 4 nitrogen and oxygen atoms in total. The molecule has 0 amide bonds. The lowest BCUT2D eigenvalue weighted by Crippen LogP contribution is -2.11. The van der Waals surface area contributed by atoms with Crippen molar-refractivity contribution in [1.29, 1.82) is 0 Å². The zero-order valence-electron chi connectivity index (χ0n) is 11.3. The molecular formula is C14H19FN4. The first-order valence-electron chi connectivity index (χ1n) is 6.43. The highest BCUT2D eigenvalue weighted by molar-refractivity contribution is 5.64. The normalized spacial score (nSPS) is 10.7. The van der Waals surface area contributed by atoms with Crippen molar-refractivity contribution in [3.8, 4) is 0 Å². The molecule has 102 valence electrons. The van der Waals surface area contributed by atoms with E-state index in [9.17, 15) is 4.39 Å². The van der Waals surface area contributed by atoms with Crippen molar-refractivity contribution in [3.05, 3.63) is 41.3 Å². The molecule has 2 aromatic rings. The van der Waals surface area contributed by atoms with Gasteiger partial charge in [0.05, 0.1) is 11.4 Å². The van der Waals surface area contributed by atoms with E-state index in [0.717, 1.165) is 18.1 Å². The van der Waals surface area contributed by atoms with E-state index in [0.29, 0.717) is 24.2 Å². The van der Waals surface area contributed by atoms with Gasteiger partial charge >= 0.3 is 0 Å². The molecule has 1 aromatic carbocycles. The Morgan fingerprint density at radius 3 is 2.79 bits per heavy atom. The van der Waals surface area contributed by atoms with Crippen LogP contribution in [0.4, 0.5) is 15.9 Å². The van der Waals surface area contributed by atoms with Gasteiger partial charge in [-0.25, -0.2) is 9.07 Å². The molecule has 0 radical (unpaired) electrons. The first-order valence-corrected chi connectivity index (χ1v) is 6.43. The minimum atomic E-state index is -0.169. The number of nitrogen functional groups attached to an aromatic ring is 1. The summed E-state index contributed by atoms with van der Waals surface area (Å²) in [6, 6.07) is 6.81. The van der Waals surface area contributed by atoms with Gasteiger partial charge in [0.2, 0.25) is 0 Å². The van der Waals surface area contributed by atoms with Gasteiger partial charge in [-0.2, -0.15) is 5.10 Å². The van der Waals surface area contributed by atoms with Crippen LogP contribution >= 0.6 is 0 Å². The maximum absolute atomic E-state index is 13.5. The van der Waals surface area contributed by atoms with E-state index in [-0.39, 0.29) is 5.82 Å². The third kappa shape index (κ3) is 2.86. The lowest BCUT2D eigenvalue weighted by atomic mass is 10.1. The van der Waals surface area contributed by atoms with E-state index >= 15 is 0 Å². The van der Waals surface area contributed by atoms with E-state index in [2.05, 4.69) is 10.4 Å². The quantitative estimate of drug-likeness (QED) is 0.870. The standard InChI is InChI=1S/C14H19FN4/c1-3-19-14(13(16)10(2)18-19)17-9-8-11-6-4-5-7-12(11)15/h4-7,17H,3,8-9,16H2,1-2H3. The molecule has 0 atom stereocenters. The topological polar surface area (TPSA) is 55.9 Å². The minimum Gasteiger partial charge on any atom is -0.394 e. The number of rotatable bonds is 5. The summed E-state index contributed by atoms with van der Waals surface area (Å²) in [6.45, 7) is 5.26. The Kier molecular flexibility index (Phi) is 4.04. The maximum atomic E-state index is 13.5. The van der Waals surface area contributed by atoms with Crippen LogP contribution in [0, 0.1) is 12.7 Å². The molecule has 0 unspecified atom stereocenters. The van der Waals surface area contributed by atoms with Gasteiger partial charge in [0, 0.05) is 13.1 Å². The second-order valence-electron chi connectivity index (χ2n) is 4.43. The van der Waals surface area contributed by atoms with E-state index in [1.165, 1.54) is 6.07 Å². The van der Waals surface area contributed by atoms with Crippen molar-refractivity contribution in [3.63, 3.8) is 0 Å². The predicted molar refractivity (Wildman–Crippen MR) is 75.6 cm³/mol. The van der Waals surface area contributed by atoms with Crippen LogP contribution in [0.15, 0.2) is 24.3 Å². The molecular weight excluding hydrogens is 243 g/mol. The summed E-state index contributed by atoms with van der Waals surface area (Å²) >= 11 is 0. The molecule has 3 N–H and O–H groups in total. The average Bonchev–Trinajstić information content (AvgIpc) is 2.68. The molecule has 0 aliphatic heterocycles. The Bertz CT molecular complexity index is 563. The van der Waals surface area contributed by atoms with Gasteiger partial charge in [0.25, 0.3) is 0 Å². The molecule has 19 heavy (non-hydrogen) atoms. The third-order valence-corrected chi connectivity index (χ3v) is 3.12. The Morgan fingerprint density at radius 2 is 2.11 bits per heavy atom. The van der Waals surface area contributed by atoms with Crippen molar-refractivity contribution in [2.24, 2.45) is 0 Å². The number of nitrogens with zero attached hydrogens (tertiary/aromatic N) is 2. The number of halogens is 1. The summed E-state index contributed by atoms with van der Waals surface area (Å²) in [5, 5.41) is 7.56. The Labute approximate surface area is 112 Å². The molecule has 5 heteroatoms. The molecule has 1 heterocycles. The number of nitrogens with one attached hydrogen (secondary N) is 1.